The van der Waals surface area contributed by atoms with E-state index >= 15 is 0 Å². The van der Waals surface area contributed by atoms with Gasteiger partial charge in [-0.3, -0.25) is 4.90 Å². The van der Waals surface area contributed by atoms with Crippen LogP contribution in [0.3, 0.4) is 0 Å². The predicted octanol–water partition coefficient (Wildman–Crippen LogP) is 4.39. The smallest absolute Gasteiger partial charge is 0.217 e. The summed E-state index contributed by atoms with van der Waals surface area (Å²) in [6.45, 7) is 14.7. The fourth-order valence-electron chi connectivity index (χ4n) is 4.25. The maximum absolute atomic E-state index is 5.92. The Bertz CT molecular complexity index is 921. The van der Waals surface area contributed by atoms with Crippen LogP contribution in [0.5, 0.6) is 5.88 Å². The quantitative estimate of drug-likeness (QED) is 0.416. The normalized spacial score (nSPS) is 18.8. The second-order valence-electron chi connectivity index (χ2n) is 10.4. The molecule has 7 nitrogen and oxygen atoms in total. The van der Waals surface area contributed by atoms with Crippen LogP contribution in [0.2, 0.25) is 0 Å². The summed E-state index contributed by atoms with van der Waals surface area (Å²) in [5.74, 6) is 3.80. The lowest BCUT2D eigenvalue weighted by atomic mass is 9.82. The molecule has 1 saturated heterocycles. The molecule has 3 heterocycles. The standard InChI is InChI=1S/C25H38N6OS/c1-18(17-32-22-9-10-26-24(29-22)33-5)16-30-11-13-31(14-12-30)21-15-20(19-7-6-8-19)27-23(28-21)25(2,3)4/h9-10,15,18-19H,6-8,11-14,16-17H2,1-5H3. The number of ether oxygens (including phenoxy) is 1. The molecule has 1 atom stereocenters. The van der Waals surface area contributed by atoms with Gasteiger partial charge in [-0.2, -0.15) is 4.98 Å². The zero-order valence-electron chi connectivity index (χ0n) is 20.8. The maximum atomic E-state index is 5.92. The molecule has 1 aliphatic heterocycles. The summed E-state index contributed by atoms with van der Waals surface area (Å²) in [7, 11) is 0. The molecule has 8 heteroatoms. The molecule has 2 aromatic rings. The highest BCUT2D eigenvalue weighted by atomic mass is 32.2. The molecule has 1 aliphatic carbocycles. The molecule has 0 bridgehead atoms. The van der Waals surface area contributed by atoms with Crippen molar-refractivity contribution in [2.24, 2.45) is 5.92 Å². The Balaban J connectivity index is 1.31. The fraction of sp³-hybridized carbons (Fsp3) is 0.680. The molecule has 0 radical (unpaired) electrons. The lowest BCUT2D eigenvalue weighted by Crippen LogP contribution is -2.48. The van der Waals surface area contributed by atoms with Gasteiger partial charge >= 0.3 is 0 Å². The Labute approximate surface area is 202 Å². The minimum Gasteiger partial charge on any atom is -0.477 e. The highest BCUT2D eigenvalue weighted by Gasteiger charge is 2.28. The zero-order chi connectivity index (χ0) is 23.4. The van der Waals surface area contributed by atoms with Crippen molar-refractivity contribution in [3.8, 4) is 5.88 Å². The van der Waals surface area contributed by atoms with Crippen molar-refractivity contribution in [3.05, 3.63) is 29.8 Å². The van der Waals surface area contributed by atoms with Gasteiger partial charge in [-0.1, -0.05) is 45.9 Å². The molecule has 2 fully saturated rings. The molecular weight excluding hydrogens is 432 g/mol. The summed E-state index contributed by atoms with van der Waals surface area (Å²) in [4.78, 5) is 23.5. The monoisotopic (exact) mass is 470 g/mol. The summed E-state index contributed by atoms with van der Waals surface area (Å²) < 4.78 is 5.92. The highest BCUT2D eigenvalue weighted by Crippen LogP contribution is 2.37. The van der Waals surface area contributed by atoms with E-state index < -0.39 is 0 Å². The number of piperazine rings is 1. The lowest BCUT2D eigenvalue weighted by molar-refractivity contribution is 0.175. The van der Waals surface area contributed by atoms with Crippen LogP contribution in [0.4, 0.5) is 5.82 Å². The molecule has 1 unspecified atom stereocenters. The van der Waals surface area contributed by atoms with Crippen molar-refractivity contribution in [1.82, 2.24) is 24.8 Å². The molecular formula is C25H38N6OS. The SMILES string of the molecule is CSc1nccc(OCC(C)CN2CCN(c3cc(C4CCC4)nc(C(C)(C)C)n3)CC2)n1. The fourth-order valence-corrected chi connectivity index (χ4v) is 4.60. The Morgan fingerprint density at radius 2 is 1.88 bits per heavy atom. The van der Waals surface area contributed by atoms with Gasteiger partial charge in [0.1, 0.15) is 11.6 Å². The molecule has 2 aromatic heterocycles. The first-order valence-corrected chi connectivity index (χ1v) is 13.4. The second kappa shape index (κ2) is 10.6. The Hall–Kier alpha value is -1.93. The first-order valence-electron chi connectivity index (χ1n) is 12.2. The average molecular weight is 471 g/mol. The van der Waals surface area contributed by atoms with Crippen molar-refractivity contribution in [1.29, 1.82) is 0 Å². The van der Waals surface area contributed by atoms with Gasteiger partial charge in [0.25, 0.3) is 0 Å². The van der Waals surface area contributed by atoms with Crippen LogP contribution in [-0.4, -0.2) is 70.4 Å². The van der Waals surface area contributed by atoms with Crippen LogP contribution in [0.15, 0.2) is 23.5 Å². The summed E-state index contributed by atoms with van der Waals surface area (Å²) in [6, 6.07) is 4.09. The van der Waals surface area contributed by atoms with E-state index in [0.717, 1.165) is 49.5 Å². The van der Waals surface area contributed by atoms with Crippen LogP contribution >= 0.6 is 11.8 Å². The van der Waals surface area contributed by atoms with Gasteiger partial charge in [-0.15, -0.1) is 0 Å². The number of anilines is 1. The van der Waals surface area contributed by atoms with E-state index in [1.54, 1.807) is 6.20 Å². The Kier molecular flexibility index (Phi) is 7.74. The van der Waals surface area contributed by atoms with E-state index in [2.05, 4.69) is 53.5 Å². The number of nitrogens with zero attached hydrogens (tertiary/aromatic N) is 6. The third-order valence-corrected chi connectivity index (χ3v) is 7.06. The predicted molar refractivity (Wildman–Crippen MR) is 134 cm³/mol. The molecule has 0 spiro atoms. The Morgan fingerprint density at radius 3 is 2.52 bits per heavy atom. The van der Waals surface area contributed by atoms with Crippen LogP contribution < -0.4 is 9.64 Å². The van der Waals surface area contributed by atoms with Crippen molar-refractivity contribution in [3.63, 3.8) is 0 Å². The number of hydrogen-bond donors (Lipinski definition) is 0. The van der Waals surface area contributed by atoms with Crippen LogP contribution in [0.1, 0.15) is 64.4 Å². The van der Waals surface area contributed by atoms with Crippen molar-refractivity contribution < 1.29 is 4.74 Å². The molecule has 0 aromatic carbocycles. The minimum atomic E-state index is -0.0357. The second-order valence-corrected chi connectivity index (χ2v) is 11.2. The van der Waals surface area contributed by atoms with Crippen LogP contribution in [-0.2, 0) is 5.41 Å². The van der Waals surface area contributed by atoms with E-state index in [0.29, 0.717) is 24.3 Å². The highest BCUT2D eigenvalue weighted by molar-refractivity contribution is 7.98. The van der Waals surface area contributed by atoms with Crippen molar-refractivity contribution >= 4 is 17.6 Å². The summed E-state index contributed by atoms with van der Waals surface area (Å²) in [5, 5.41) is 0.746. The number of aromatic nitrogens is 4. The van der Waals surface area contributed by atoms with E-state index in [4.69, 9.17) is 14.7 Å². The van der Waals surface area contributed by atoms with Gasteiger partial charge in [-0.25, -0.2) is 15.0 Å². The number of hydrogen-bond acceptors (Lipinski definition) is 8. The third-order valence-electron chi connectivity index (χ3n) is 6.50. The maximum Gasteiger partial charge on any atom is 0.217 e. The van der Waals surface area contributed by atoms with Gasteiger partial charge in [0.15, 0.2) is 5.16 Å². The molecule has 1 saturated carbocycles. The van der Waals surface area contributed by atoms with Gasteiger partial charge in [0.2, 0.25) is 5.88 Å². The van der Waals surface area contributed by atoms with E-state index in [-0.39, 0.29) is 5.41 Å². The number of thioether (sulfide) groups is 1. The number of rotatable bonds is 8. The summed E-state index contributed by atoms with van der Waals surface area (Å²) in [5.41, 5.74) is 1.21. The molecule has 180 valence electrons. The van der Waals surface area contributed by atoms with Gasteiger partial charge in [0, 0.05) is 74.0 Å². The van der Waals surface area contributed by atoms with E-state index in [9.17, 15) is 0 Å². The van der Waals surface area contributed by atoms with Gasteiger partial charge < -0.3 is 9.64 Å². The third kappa shape index (κ3) is 6.35. The van der Waals surface area contributed by atoms with Crippen LogP contribution in [0.25, 0.3) is 0 Å². The first kappa shape index (κ1) is 24.2. The van der Waals surface area contributed by atoms with Gasteiger partial charge in [0.05, 0.1) is 6.61 Å². The summed E-state index contributed by atoms with van der Waals surface area (Å²) in [6.07, 6.45) is 7.59. The molecule has 0 amide bonds. The topological polar surface area (TPSA) is 67.3 Å². The first-order chi connectivity index (χ1) is 15.8. The van der Waals surface area contributed by atoms with E-state index in [1.807, 2.05) is 12.3 Å². The minimum absolute atomic E-state index is 0.0357. The lowest BCUT2D eigenvalue weighted by Gasteiger charge is -2.37. The average Bonchev–Trinajstić information content (AvgIpc) is 2.76. The van der Waals surface area contributed by atoms with Crippen molar-refractivity contribution in [2.45, 2.75) is 63.4 Å². The van der Waals surface area contributed by atoms with Gasteiger partial charge in [-0.05, 0) is 19.1 Å². The zero-order valence-corrected chi connectivity index (χ0v) is 21.6. The molecule has 33 heavy (non-hydrogen) atoms. The van der Waals surface area contributed by atoms with Crippen molar-refractivity contribution in [2.75, 3.05) is 50.5 Å². The van der Waals surface area contributed by atoms with E-state index in [1.165, 1.54) is 36.7 Å². The summed E-state index contributed by atoms with van der Waals surface area (Å²) >= 11 is 1.53. The molecule has 2 aliphatic rings. The molecule has 4 rings (SSSR count). The molecule has 0 N–H and O–H groups in total. The van der Waals surface area contributed by atoms with Crippen LogP contribution in [0, 0.1) is 5.92 Å². The largest absolute Gasteiger partial charge is 0.477 e. The Morgan fingerprint density at radius 1 is 1.12 bits per heavy atom.